The van der Waals surface area contributed by atoms with Crippen molar-refractivity contribution >= 4 is 23.2 Å². The van der Waals surface area contributed by atoms with E-state index in [2.05, 4.69) is 17.2 Å². The average molecular weight is 324 g/mol. The van der Waals surface area contributed by atoms with Crippen LogP contribution in [0.15, 0.2) is 60.7 Å². The Morgan fingerprint density at radius 3 is 2.29 bits per heavy atom. The molecule has 0 aromatic heterocycles. The van der Waals surface area contributed by atoms with Gasteiger partial charge in [0.1, 0.15) is 12.4 Å². The Morgan fingerprint density at radius 2 is 1.67 bits per heavy atom. The summed E-state index contributed by atoms with van der Waals surface area (Å²) in [6, 6.07) is 13.9. The molecule has 5 nitrogen and oxygen atoms in total. The fraction of sp³-hybridized carbons (Fsp3) is 0.158. The van der Waals surface area contributed by atoms with E-state index in [0.717, 1.165) is 5.57 Å². The van der Waals surface area contributed by atoms with Crippen LogP contribution in [0.3, 0.4) is 0 Å². The average Bonchev–Trinajstić information content (AvgIpc) is 2.54. The van der Waals surface area contributed by atoms with Crippen molar-refractivity contribution in [2.24, 2.45) is 0 Å². The first-order valence-electron chi connectivity index (χ1n) is 7.51. The van der Waals surface area contributed by atoms with Crippen LogP contribution >= 0.6 is 0 Å². The van der Waals surface area contributed by atoms with Gasteiger partial charge < -0.3 is 15.4 Å². The molecule has 124 valence electrons. The third kappa shape index (κ3) is 4.98. The number of carbonyl (C=O) groups is 2. The van der Waals surface area contributed by atoms with Gasteiger partial charge in [-0.1, -0.05) is 24.8 Å². The lowest BCUT2D eigenvalue weighted by Crippen LogP contribution is -2.15. The largest absolute Gasteiger partial charge is 0.489 e. The van der Waals surface area contributed by atoms with Crippen LogP contribution in [0.4, 0.5) is 11.4 Å². The molecule has 0 saturated heterocycles. The van der Waals surface area contributed by atoms with E-state index in [1.54, 1.807) is 48.5 Å². The topological polar surface area (TPSA) is 67.4 Å². The number of carbonyl (C=O) groups excluding carboxylic acids is 2. The molecule has 2 N–H and O–H groups in total. The SMILES string of the molecule is C=C(C)COc1cccc(C(=O)Nc2ccccc2NC(C)=O)c1. The van der Waals surface area contributed by atoms with Gasteiger partial charge in [-0.3, -0.25) is 9.59 Å². The summed E-state index contributed by atoms with van der Waals surface area (Å²) < 4.78 is 5.55. The van der Waals surface area contributed by atoms with Gasteiger partial charge in [0.25, 0.3) is 5.91 Å². The van der Waals surface area contributed by atoms with Crippen molar-refractivity contribution < 1.29 is 14.3 Å². The predicted molar refractivity (Wildman–Crippen MR) is 95.4 cm³/mol. The van der Waals surface area contributed by atoms with E-state index in [4.69, 9.17) is 4.74 Å². The van der Waals surface area contributed by atoms with E-state index in [-0.39, 0.29) is 11.8 Å². The Labute approximate surface area is 141 Å². The van der Waals surface area contributed by atoms with Crippen molar-refractivity contribution in [2.75, 3.05) is 17.2 Å². The molecule has 2 aromatic rings. The van der Waals surface area contributed by atoms with Crippen LogP contribution in [0.1, 0.15) is 24.2 Å². The third-order valence-electron chi connectivity index (χ3n) is 3.07. The number of hydrogen-bond acceptors (Lipinski definition) is 3. The highest BCUT2D eigenvalue weighted by molar-refractivity contribution is 6.07. The summed E-state index contributed by atoms with van der Waals surface area (Å²) in [5, 5.41) is 5.48. The molecule has 2 aromatic carbocycles. The highest BCUT2D eigenvalue weighted by Crippen LogP contribution is 2.22. The first kappa shape index (κ1) is 17.3. The number of rotatable bonds is 6. The van der Waals surface area contributed by atoms with Crippen molar-refractivity contribution in [1.82, 2.24) is 0 Å². The summed E-state index contributed by atoms with van der Waals surface area (Å²) in [4.78, 5) is 23.7. The van der Waals surface area contributed by atoms with Crippen molar-refractivity contribution in [3.63, 3.8) is 0 Å². The molecule has 2 amide bonds. The number of anilines is 2. The number of para-hydroxylation sites is 2. The maximum absolute atomic E-state index is 12.4. The van der Waals surface area contributed by atoms with Gasteiger partial charge in [0.05, 0.1) is 11.4 Å². The van der Waals surface area contributed by atoms with Crippen LogP contribution in [-0.4, -0.2) is 18.4 Å². The van der Waals surface area contributed by atoms with Gasteiger partial charge in [-0.25, -0.2) is 0 Å². The van der Waals surface area contributed by atoms with Crippen LogP contribution in [0.25, 0.3) is 0 Å². The van der Waals surface area contributed by atoms with Crippen molar-refractivity contribution in [3.05, 3.63) is 66.2 Å². The van der Waals surface area contributed by atoms with Gasteiger partial charge in [0.2, 0.25) is 5.91 Å². The third-order valence-corrected chi connectivity index (χ3v) is 3.07. The van der Waals surface area contributed by atoms with E-state index in [0.29, 0.717) is 29.3 Å². The number of amides is 2. The van der Waals surface area contributed by atoms with Crippen LogP contribution in [0.5, 0.6) is 5.75 Å². The van der Waals surface area contributed by atoms with Crippen LogP contribution in [0, 0.1) is 0 Å². The van der Waals surface area contributed by atoms with E-state index < -0.39 is 0 Å². The summed E-state index contributed by atoms with van der Waals surface area (Å²) in [5.41, 5.74) is 2.44. The second-order valence-electron chi connectivity index (χ2n) is 5.45. The molecule has 0 spiro atoms. The zero-order valence-electron chi connectivity index (χ0n) is 13.8. The Kier molecular flexibility index (Phi) is 5.73. The lowest BCUT2D eigenvalue weighted by molar-refractivity contribution is -0.114. The number of hydrogen-bond donors (Lipinski definition) is 2. The maximum atomic E-state index is 12.4. The van der Waals surface area contributed by atoms with Crippen molar-refractivity contribution in [3.8, 4) is 5.75 Å². The predicted octanol–water partition coefficient (Wildman–Crippen LogP) is 3.85. The quantitative estimate of drug-likeness (QED) is 0.793. The van der Waals surface area contributed by atoms with Crippen LogP contribution in [-0.2, 0) is 4.79 Å². The molecule has 0 saturated carbocycles. The fourth-order valence-electron chi connectivity index (χ4n) is 2.02. The Bertz CT molecular complexity index is 769. The van der Waals surface area contributed by atoms with Gasteiger partial charge in [-0.2, -0.15) is 0 Å². The molecule has 0 aliphatic rings. The minimum Gasteiger partial charge on any atom is -0.489 e. The van der Waals surface area contributed by atoms with E-state index >= 15 is 0 Å². The lowest BCUT2D eigenvalue weighted by atomic mass is 10.2. The van der Waals surface area contributed by atoms with Gasteiger partial charge in [-0.15, -0.1) is 0 Å². The fourth-order valence-corrected chi connectivity index (χ4v) is 2.02. The number of nitrogens with one attached hydrogen (secondary N) is 2. The maximum Gasteiger partial charge on any atom is 0.255 e. The summed E-state index contributed by atoms with van der Waals surface area (Å²) >= 11 is 0. The highest BCUT2D eigenvalue weighted by atomic mass is 16.5. The van der Waals surface area contributed by atoms with Crippen LogP contribution < -0.4 is 15.4 Å². The normalized spacial score (nSPS) is 9.92. The molecule has 0 fully saturated rings. The molecule has 0 radical (unpaired) electrons. The van der Waals surface area contributed by atoms with E-state index in [1.165, 1.54) is 6.92 Å². The number of benzene rings is 2. The molecular weight excluding hydrogens is 304 g/mol. The van der Waals surface area contributed by atoms with E-state index in [9.17, 15) is 9.59 Å². The summed E-state index contributed by atoms with van der Waals surface area (Å²) in [5.74, 6) is 0.112. The first-order chi connectivity index (χ1) is 11.5. The minimum absolute atomic E-state index is 0.202. The summed E-state index contributed by atoms with van der Waals surface area (Å²) in [7, 11) is 0. The second kappa shape index (κ2) is 7.97. The van der Waals surface area contributed by atoms with Gasteiger partial charge in [-0.05, 0) is 42.8 Å². The van der Waals surface area contributed by atoms with Crippen molar-refractivity contribution in [1.29, 1.82) is 0 Å². The molecule has 0 bridgehead atoms. The van der Waals surface area contributed by atoms with Crippen LogP contribution in [0.2, 0.25) is 0 Å². The molecule has 0 heterocycles. The standard InChI is InChI=1S/C19H20N2O3/c1-13(2)12-24-16-8-6-7-15(11-16)19(23)21-18-10-5-4-9-17(18)20-14(3)22/h4-11H,1,12H2,2-3H3,(H,20,22)(H,21,23). The van der Waals surface area contributed by atoms with Gasteiger partial charge in [0, 0.05) is 12.5 Å². The minimum atomic E-state index is -0.284. The number of ether oxygens (including phenoxy) is 1. The van der Waals surface area contributed by atoms with Gasteiger partial charge >= 0.3 is 0 Å². The molecule has 0 aliphatic heterocycles. The molecule has 0 atom stereocenters. The Hall–Kier alpha value is -3.08. The Balaban J connectivity index is 2.14. The molecule has 0 aliphatic carbocycles. The molecule has 24 heavy (non-hydrogen) atoms. The summed E-state index contributed by atoms with van der Waals surface area (Å²) in [6.45, 7) is 7.47. The molecule has 5 heteroatoms. The smallest absolute Gasteiger partial charge is 0.255 e. The Morgan fingerprint density at radius 1 is 1.00 bits per heavy atom. The first-order valence-corrected chi connectivity index (χ1v) is 7.51. The van der Waals surface area contributed by atoms with E-state index in [1.807, 2.05) is 6.92 Å². The monoisotopic (exact) mass is 324 g/mol. The van der Waals surface area contributed by atoms with Crippen molar-refractivity contribution in [2.45, 2.75) is 13.8 Å². The second-order valence-corrected chi connectivity index (χ2v) is 5.45. The zero-order valence-corrected chi connectivity index (χ0v) is 13.8. The molecule has 2 rings (SSSR count). The molecular formula is C19H20N2O3. The van der Waals surface area contributed by atoms with Gasteiger partial charge in [0.15, 0.2) is 0 Å². The summed E-state index contributed by atoms with van der Waals surface area (Å²) in [6.07, 6.45) is 0. The zero-order chi connectivity index (χ0) is 17.5. The lowest BCUT2D eigenvalue weighted by Gasteiger charge is -2.12. The molecule has 0 unspecified atom stereocenters. The highest BCUT2D eigenvalue weighted by Gasteiger charge is 2.10.